The molecule has 9 aromatic carbocycles. The van der Waals surface area contributed by atoms with Crippen LogP contribution in [-0.4, -0.2) is 9.13 Å². The molecule has 0 saturated heterocycles. The summed E-state index contributed by atoms with van der Waals surface area (Å²) < 4.78 is 4.94. The average molecular weight is 635 g/mol. The molecule has 0 bridgehead atoms. The largest absolute Gasteiger partial charge is 0.309 e. The van der Waals surface area contributed by atoms with Crippen LogP contribution in [0.2, 0.25) is 0 Å². The first-order valence-electron chi connectivity index (χ1n) is 17.3. The molecule has 0 aliphatic heterocycles. The van der Waals surface area contributed by atoms with E-state index in [9.17, 15) is 0 Å². The molecule has 50 heavy (non-hydrogen) atoms. The van der Waals surface area contributed by atoms with E-state index in [4.69, 9.17) is 0 Å². The van der Waals surface area contributed by atoms with Crippen molar-refractivity contribution < 1.29 is 0 Å². The number of nitrogens with zero attached hydrogens (tertiary/aromatic N) is 2. The molecule has 0 saturated carbocycles. The normalized spacial score (nSPS) is 12.0. The van der Waals surface area contributed by atoms with Crippen molar-refractivity contribution >= 4 is 65.2 Å². The minimum absolute atomic E-state index is 1.16. The van der Waals surface area contributed by atoms with Gasteiger partial charge in [0.25, 0.3) is 0 Å². The fourth-order valence-corrected chi connectivity index (χ4v) is 8.54. The molecule has 2 nitrogen and oxygen atoms in total. The van der Waals surface area contributed by atoms with Gasteiger partial charge in [0.05, 0.1) is 22.1 Å². The Morgan fingerprint density at radius 2 is 0.640 bits per heavy atom. The Hall–Kier alpha value is -6.64. The molecule has 2 heteroatoms. The molecule has 0 unspecified atom stereocenters. The van der Waals surface area contributed by atoms with Gasteiger partial charge in [0.2, 0.25) is 0 Å². The van der Waals surface area contributed by atoms with Crippen LogP contribution < -0.4 is 0 Å². The third-order valence-electron chi connectivity index (χ3n) is 10.7. The summed E-state index contributed by atoms with van der Waals surface area (Å²) in [6.45, 7) is 0. The van der Waals surface area contributed by atoms with Gasteiger partial charge in [0.1, 0.15) is 0 Å². The Labute approximate surface area is 289 Å². The van der Waals surface area contributed by atoms with Crippen LogP contribution in [0.4, 0.5) is 0 Å². The SMILES string of the molecule is c1ccc(-c2ccc(-c3cccc(-n4c5cccc6c7ccccc7c7cccc8c7c7c(c65)c4ccc7n8-c4ccccc4)c3)cc2)cc1. The molecular formula is C48H30N2. The van der Waals surface area contributed by atoms with Crippen LogP contribution in [0, 0.1) is 0 Å². The summed E-state index contributed by atoms with van der Waals surface area (Å²) in [6, 6.07) is 66.6. The van der Waals surface area contributed by atoms with Crippen LogP contribution in [0.15, 0.2) is 182 Å². The monoisotopic (exact) mass is 634 g/mol. The Bertz CT molecular complexity index is 3050. The molecular weight excluding hydrogens is 605 g/mol. The van der Waals surface area contributed by atoms with E-state index in [0.717, 1.165) is 5.69 Å². The van der Waals surface area contributed by atoms with E-state index in [1.54, 1.807) is 0 Å². The van der Waals surface area contributed by atoms with Gasteiger partial charge in [-0.05, 0) is 92.3 Å². The van der Waals surface area contributed by atoms with E-state index in [0.29, 0.717) is 0 Å². The van der Waals surface area contributed by atoms with Crippen molar-refractivity contribution in [2.75, 3.05) is 0 Å². The third kappa shape index (κ3) is 3.79. The number of aromatic nitrogens is 2. The van der Waals surface area contributed by atoms with Crippen molar-refractivity contribution in [1.82, 2.24) is 9.13 Å². The zero-order chi connectivity index (χ0) is 32.8. The summed E-state index contributed by atoms with van der Waals surface area (Å²) in [5, 5.41) is 10.3. The number of para-hydroxylation sites is 1. The maximum Gasteiger partial charge on any atom is 0.0549 e. The highest BCUT2D eigenvalue weighted by molar-refractivity contribution is 6.39. The first kappa shape index (κ1) is 27.3. The van der Waals surface area contributed by atoms with Crippen LogP contribution >= 0.6 is 0 Å². The molecule has 0 spiro atoms. The molecule has 0 fully saturated rings. The van der Waals surface area contributed by atoms with Crippen molar-refractivity contribution in [2.24, 2.45) is 0 Å². The van der Waals surface area contributed by atoms with E-state index in [1.807, 2.05) is 0 Å². The summed E-state index contributed by atoms with van der Waals surface area (Å²) in [4.78, 5) is 0. The number of rotatable bonds is 4. The van der Waals surface area contributed by atoms with Gasteiger partial charge in [-0.2, -0.15) is 0 Å². The van der Waals surface area contributed by atoms with E-state index < -0.39 is 0 Å². The molecule has 2 aromatic heterocycles. The van der Waals surface area contributed by atoms with Crippen LogP contribution in [-0.2, 0) is 0 Å². The lowest BCUT2D eigenvalue weighted by atomic mass is 9.95. The number of benzene rings is 8. The van der Waals surface area contributed by atoms with Crippen molar-refractivity contribution in [3.05, 3.63) is 182 Å². The first-order chi connectivity index (χ1) is 24.8. The molecule has 232 valence electrons. The van der Waals surface area contributed by atoms with E-state index in [-0.39, 0.29) is 0 Å². The predicted octanol–water partition coefficient (Wildman–Crippen LogP) is 13.0. The lowest BCUT2D eigenvalue weighted by Gasteiger charge is -2.11. The lowest BCUT2D eigenvalue weighted by Crippen LogP contribution is -1.95. The maximum atomic E-state index is 2.48. The minimum Gasteiger partial charge on any atom is -0.309 e. The second-order valence-electron chi connectivity index (χ2n) is 13.3. The molecule has 0 aliphatic carbocycles. The third-order valence-corrected chi connectivity index (χ3v) is 10.7. The van der Waals surface area contributed by atoms with E-state index in [2.05, 4.69) is 191 Å². The molecule has 0 N–H and O–H groups in total. The summed E-state index contributed by atoms with van der Waals surface area (Å²) in [5.74, 6) is 0. The van der Waals surface area contributed by atoms with Gasteiger partial charge in [0.15, 0.2) is 0 Å². The summed E-state index contributed by atoms with van der Waals surface area (Å²) in [6.07, 6.45) is 0. The van der Waals surface area contributed by atoms with Crippen LogP contribution in [0.1, 0.15) is 0 Å². The van der Waals surface area contributed by atoms with Crippen molar-refractivity contribution in [2.45, 2.75) is 0 Å². The smallest absolute Gasteiger partial charge is 0.0549 e. The molecule has 0 atom stereocenters. The van der Waals surface area contributed by atoms with Gasteiger partial charge >= 0.3 is 0 Å². The summed E-state index contributed by atoms with van der Waals surface area (Å²) in [5.41, 5.74) is 12.1. The van der Waals surface area contributed by atoms with Gasteiger partial charge in [-0.25, -0.2) is 0 Å². The number of hydrogen-bond acceptors (Lipinski definition) is 0. The van der Waals surface area contributed by atoms with Crippen LogP contribution in [0.5, 0.6) is 0 Å². The fraction of sp³-hybridized carbons (Fsp3) is 0. The maximum absolute atomic E-state index is 2.48. The first-order valence-corrected chi connectivity index (χ1v) is 17.3. The molecule has 0 radical (unpaired) electrons. The van der Waals surface area contributed by atoms with Crippen molar-refractivity contribution in [3.63, 3.8) is 0 Å². The lowest BCUT2D eigenvalue weighted by molar-refractivity contribution is 1.17. The molecule has 11 rings (SSSR count). The molecule has 2 heterocycles. The molecule has 0 amide bonds. The Kier molecular flexibility index (Phi) is 5.70. The Morgan fingerprint density at radius 1 is 0.240 bits per heavy atom. The molecule has 11 aromatic rings. The van der Waals surface area contributed by atoms with E-state index in [1.165, 1.54) is 93.1 Å². The second kappa shape index (κ2) is 10.4. The topological polar surface area (TPSA) is 9.86 Å². The predicted molar refractivity (Wildman–Crippen MR) is 212 cm³/mol. The van der Waals surface area contributed by atoms with Gasteiger partial charge < -0.3 is 9.13 Å². The number of fused-ring (bicyclic) bond motifs is 3. The standard InChI is InChI=1S/C48H30N2/c1-3-12-31(13-4-1)32-24-26-33(27-25-32)34-14-9-17-36(30-34)50-42-23-11-21-40-38-19-8-7-18-37(38)39-20-10-22-41-45(39)47-43(28-29-44(50)48(47)46(40)42)49(41)35-15-5-2-6-16-35/h1-30H. The van der Waals surface area contributed by atoms with Crippen molar-refractivity contribution in [3.8, 4) is 33.6 Å². The highest BCUT2D eigenvalue weighted by Crippen LogP contribution is 2.47. The van der Waals surface area contributed by atoms with Gasteiger partial charge in [-0.1, -0.05) is 133 Å². The van der Waals surface area contributed by atoms with Crippen molar-refractivity contribution in [1.29, 1.82) is 0 Å². The van der Waals surface area contributed by atoms with Crippen LogP contribution in [0.25, 0.3) is 98.8 Å². The summed E-state index contributed by atoms with van der Waals surface area (Å²) >= 11 is 0. The minimum atomic E-state index is 1.16. The van der Waals surface area contributed by atoms with Crippen LogP contribution in [0.3, 0.4) is 0 Å². The Balaban J connectivity index is 1.25. The Morgan fingerprint density at radius 3 is 1.24 bits per heavy atom. The highest BCUT2D eigenvalue weighted by Gasteiger charge is 2.24. The van der Waals surface area contributed by atoms with E-state index >= 15 is 0 Å². The number of hydrogen-bond donors (Lipinski definition) is 0. The second-order valence-corrected chi connectivity index (χ2v) is 13.3. The highest BCUT2D eigenvalue weighted by atomic mass is 15.0. The quantitative estimate of drug-likeness (QED) is 0.182. The van der Waals surface area contributed by atoms with Gasteiger partial charge in [-0.15, -0.1) is 0 Å². The molecule has 0 aliphatic rings. The zero-order valence-electron chi connectivity index (χ0n) is 27.2. The zero-order valence-corrected chi connectivity index (χ0v) is 27.2. The van der Waals surface area contributed by atoms with Gasteiger partial charge in [0, 0.05) is 32.9 Å². The average Bonchev–Trinajstić information content (AvgIpc) is 3.71. The fourth-order valence-electron chi connectivity index (χ4n) is 8.54. The van der Waals surface area contributed by atoms with Gasteiger partial charge in [-0.3, -0.25) is 0 Å². The summed E-state index contributed by atoms with van der Waals surface area (Å²) in [7, 11) is 0.